The first kappa shape index (κ1) is 14.9. The zero-order chi connectivity index (χ0) is 13.9. The molecule has 0 radical (unpaired) electrons. The fourth-order valence-electron chi connectivity index (χ4n) is 1.18. The molecule has 0 saturated carbocycles. The van der Waals surface area contributed by atoms with E-state index in [4.69, 9.17) is 5.73 Å². The van der Waals surface area contributed by atoms with Crippen LogP contribution in [0.25, 0.3) is 0 Å². The Morgan fingerprint density at radius 3 is 2.67 bits per heavy atom. The van der Waals surface area contributed by atoms with Crippen LogP contribution in [-0.4, -0.2) is 32.9 Å². The van der Waals surface area contributed by atoms with Crippen LogP contribution >= 0.6 is 15.9 Å². The lowest BCUT2D eigenvalue weighted by Gasteiger charge is -2.07. The highest BCUT2D eigenvalue weighted by Crippen LogP contribution is 2.22. The normalized spacial score (nSPS) is 11.3. The number of nitrogen functional groups attached to an aromatic ring is 1. The van der Waals surface area contributed by atoms with E-state index in [1.165, 1.54) is 6.07 Å². The number of nitrogens with one attached hydrogen (secondary N) is 1. The van der Waals surface area contributed by atoms with Gasteiger partial charge in [-0.2, -0.15) is 0 Å². The van der Waals surface area contributed by atoms with Gasteiger partial charge in [-0.3, -0.25) is 4.79 Å². The van der Waals surface area contributed by atoms with E-state index in [0.29, 0.717) is 0 Å². The fraction of sp³-hybridized carbons (Fsp3) is 0.300. The molecule has 1 aromatic rings. The summed E-state index contributed by atoms with van der Waals surface area (Å²) in [5, 5.41) is 2.42. The lowest BCUT2D eigenvalue weighted by atomic mass is 10.2. The zero-order valence-corrected chi connectivity index (χ0v) is 11.9. The van der Waals surface area contributed by atoms with Crippen LogP contribution in [-0.2, 0) is 9.84 Å². The van der Waals surface area contributed by atoms with Gasteiger partial charge in [-0.05, 0) is 28.1 Å². The monoisotopic (exact) mass is 338 g/mol. The largest absolute Gasteiger partial charge is 0.396 e. The Bertz CT molecular complexity index is 575. The molecule has 0 aliphatic heterocycles. The molecule has 5 nitrogen and oxygen atoms in total. The average Bonchev–Trinajstić information content (AvgIpc) is 2.21. The molecule has 0 atom stereocenters. The predicted octanol–water partition coefficient (Wildman–Crippen LogP) is 0.945. The molecule has 0 fully saturated rings. The van der Waals surface area contributed by atoms with E-state index < -0.39 is 21.6 Å². The fourth-order valence-corrected chi connectivity index (χ4v) is 2.15. The first-order valence-corrected chi connectivity index (χ1v) is 7.76. The average molecular weight is 339 g/mol. The Balaban J connectivity index is 2.76. The second kappa shape index (κ2) is 5.66. The third-order valence-electron chi connectivity index (χ3n) is 2.09. The van der Waals surface area contributed by atoms with Gasteiger partial charge in [-0.1, -0.05) is 0 Å². The van der Waals surface area contributed by atoms with Crippen molar-refractivity contribution in [3.8, 4) is 0 Å². The van der Waals surface area contributed by atoms with Crippen LogP contribution in [0.2, 0.25) is 0 Å². The summed E-state index contributed by atoms with van der Waals surface area (Å²) in [4.78, 5) is 11.7. The van der Waals surface area contributed by atoms with Gasteiger partial charge < -0.3 is 11.1 Å². The summed E-state index contributed by atoms with van der Waals surface area (Å²) in [6, 6.07) is 2.27. The van der Waals surface area contributed by atoms with Gasteiger partial charge in [0.1, 0.15) is 15.7 Å². The molecule has 1 amide bonds. The SMILES string of the molecule is CS(=O)(=O)CCNC(=O)c1cc(N)c(F)cc1Br. The predicted molar refractivity (Wildman–Crippen MR) is 70.6 cm³/mol. The number of rotatable bonds is 4. The molecule has 1 aromatic carbocycles. The molecule has 0 spiro atoms. The molecule has 0 saturated heterocycles. The minimum absolute atomic E-state index is 0.0125. The molecule has 0 aromatic heterocycles. The molecule has 1 rings (SSSR count). The van der Waals surface area contributed by atoms with Crippen LogP contribution < -0.4 is 11.1 Å². The molecule has 0 unspecified atom stereocenters. The zero-order valence-electron chi connectivity index (χ0n) is 9.54. The second-order valence-corrected chi connectivity index (χ2v) is 6.85. The van der Waals surface area contributed by atoms with Gasteiger partial charge in [0, 0.05) is 17.3 Å². The maximum atomic E-state index is 13.1. The van der Waals surface area contributed by atoms with Gasteiger partial charge in [0.05, 0.1) is 17.0 Å². The maximum absolute atomic E-state index is 13.1. The summed E-state index contributed by atoms with van der Waals surface area (Å²) in [7, 11) is -3.14. The summed E-state index contributed by atoms with van der Waals surface area (Å²) < 4.78 is 35.1. The van der Waals surface area contributed by atoms with E-state index in [2.05, 4.69) is 21.2 Å². The third kappa shape index (κ3) is 4.26. The number of carbonyl (C=O) groups excluding carboxylic acids is 1. The van der Waals surface area contributed by atoms with Gasteiger partial charge in [0.25, 0.3) is 5.91 Å². The van der Waals surface area contributed by atoms with Gasteiger partial charge in [-0.15, -0.1) is 0 Å². The van der Waals surface area contributed by atoms with Gasteiger partial charge in [0.2, 0.25) is 0 Å². The number of nitrogens with two attached hydrogens (primary N) is 1. The van der Waals surface area contributed by atoms with Crippen LogP contribution in [0.5, 0.6) is 0 Å². The van der Waals surface area contributed by atoms with Crippen molar-refractivity contribution in [1.82, 2.24) is 5.32 Å². The summed E-state index contributed by atoms with van der Waals surface area (Å²) >= 11 is 3.04. The lowest BCUT2D eigenvalue weighted by molar-refractivity contribution is 0.0955. The van der Waals surface area contributed by atoms with Crippen molar-refractivity contribution in [2.45, 2.75) is 0 Å². The van der Waals surface area contributed by atoms with Crippen molar-refractivity contribution in [2.24, 2.45) is 0 Å². The van der Waals surface area contributed by atoms with Crippen molar-refractivity contribution in [2.75, 3.05) is 24.3 Å². The van der Waals surface area contributed by atoms with E-state index in [1.54, 1.807) is 0 Å². The second-order valence-electron chi connectivity index (χ2n) is 3.74. The number of benzene rings is 1. The van der Waals surface area contributed by atoms with E-state index in [9.17, 15) is 17.6 Å². The highest BCUT2D eigenvalue weighted by molar-refractivity contribution is 9.10. The van der Waals surface area contributed by atoms with Crippen molar-refractivity contribution in [1.29, 1.82) is 0 Å². The molecule has 0 aliphatic rings. The first-order valence-electron chi connectivity index (χ1n) is 4.91. The number of hydrogen-bond donors (Lipinski definition) is 2. The minimum Gasteiger partial charge on any atom is -0.396 e. The van der Waals surface area contributed by atoms with Gasteiger partial charge in [0.15, 0.2) is 0 Å². The molecular formula is C10H12BrFN2O3S. The van der Waals surface area contributed by atoms with Crippen LogP contribution in [0.15, 0.2) is 16.6 Å². The number of sulfone groups is 1. The molecule has 100 valence electrons. The number of anilines is 1. The molecule has 0 bridgehead atoms. The van der Waals surface area contributed by atoms with E-state index >= 15 is 0 Å². The van der Waals surface area contributed by atoms with Gasteiger partial charge in [-0.25, -0.2) is 12.8 Å². The molecule has 0 aliphatic carbocycles. The van der Waals surface area contributed by atoms with Crippen LogP contribution in [0.1, 0.15) is 10.4 Å². The number of carbonyl (C=O) groups is 1. The molecule has 8 heteroatoms. The topological polar surface area (TPSA) is 89.3 Å². The summed E-state index contributed by atoms with van der Waals surface area (Å²) in [6.45, 7) is -0.0125. The van der Waals surface area contributed by atoms with Crippen molar-refractivity contribution in [3.63, 3.8) is 0 Å². The maximum Gasteiger partial charge on any atom is 0.252 e. The molecule has 3 N–H and O–H groups in total. The molecule has 18 heavy (non-hydrogen) atoms. The van der Waals surface area contributed by atoms with Crippen molar-refractivity contribution in [3.05, 3.63) is 28.0 Å². The van der Waals surface area contributed by atoms with Gasteiger partial charge >= 0.3 is 0 Å². The van der Waals surface area contributed by atoms with E-state index in [1.807, 2.05) is 0 Å². The van der Waals surface area contributed by atoms with Crippen LogP contribution in [0.3, 0.4) is 0 Å². The number of hydrogen-bond acceptors (Lipinski definition) is 4. The highest BCUT2D eigenvalue weighted by atomic mass is 79.9. The standard InChI is InChI=1S/C10H12BrFN2O3S/c1-18(16,17)3-2-14-10(15)6-4-9(13)8(12)5-7(6)11/h4-5H,2-3,13H2,1H3,(H,14,15). The summed E-state index contributed by atoms with van der Waals surface area (Å²) in [6.07, 6.45) is 1.07. The van der Waals surface area contributed by atoms with Crippen molar-refractivity contribution >= 4 is 37.4 Å². The summed E-state index contributed by atoms with van der Waals surface area (Å²) in [5.41, 5.74) is 5.36. The lowest BCUT2D eigenvalue weighted by Crippen LogP contribution is -2.29. The quantitative estimate of drug-likeness (QED) is 0.799. The molecule has 0 heterocycles. The Labute approximate surface area is 113 Å². The number of halogens is 2. The smallest absolute Gasteiger partial charge is 0.252 e. The Hall–Kier alpha value is -1.15. The van der Waals surface area contributed by atoms with Crippen molar-refractivity contribution < 1.29 is 17.6 Å². The third-order valence-corrected chi connectivity index (χ3v) is 3.69. The summed E-state index contributed by atoms with van der Waals surface area (Å²) in [5.74, 6) is -1.31. The first-order chi connectivity index (χ1) is 8.20. The molecular weight excluding hydrogens is 327 g/mol. The Kier molecular flexibility index (Phi) is 4.69. The Morgan fingerprint density at radius 2 is 2.11 bits per heavy atom. The highest BCUT2D eigenvalue weighted by Gasteiger charge is 2.13. The van der Waals surface area contributed by atoms with E-state index in [0.717, 1.165) is 12.3 Å². The van der Waals surface area contributed by atoms with Crippen LogP contribution in [0.4, 0.5) is 10.1 Å². The number of amides is 1. The Morgan fingerprint density at radius 1 is 1.50 bits per heavy atom. The minimum atomic E-state index is -3.14. The van der Waals surface area contributed by atoms with Crippen LogP contribution in [0, 0.1) is 5.82 Å². The van der Waals surface area contributed by atoms with E-state index in [-0.39, 0.29) is 28.0 Å².